The highest BCUT2D eigenvalue weighted by atomic mass is 19.1. The van der Waals surface area contributed by atoms with E-state index < -0.39 is 11.6 Å². The lowest BCUT2D eigenvalue weighted by Crippen LogP contribution is -2.25. The van der Waals surface area contributed by atoms with E-state index in [2.05, 4.69) is 20.2 Å². The molecule has 0 aliphatic heterocycles. The molecule has 8 nitrogen and oxygen atoms in total. The van der Waals surface area contributed by atoms with Crippen LogP contribution in [0.2, 0.25) is 0 Å². The highest BCUT2D eigenvalue weighted by molar-refractivity contribution is 5.51. The highest BCUT2D eigenvalue weighted by Crippen LogP contribution is 2.11. The summed E-state index contributed by atoms with van der Waals surface area (Å²) < 4.78 is 29.0. The first kappa shape index (κ1) is 19.2. The Kier molecular flexibility index (Phi) is 5.21. The Labute approximate surface area is 168 Å². The maximum Gasteiger partial charge on any atom is 0.267 e. The van der Waals surface area contributed by atoms with Crippen molar-refractivity contribution >= 4 is 0 Å². The Morgan fingerprint density at radius 2 is 1.10 bits per heavy atom. The topological polar surface area (TPSA) is 95.6 Å². The summed E-state index contributed by atoms with van der Waals surface area (Å²) >= 11 is 0. The van der Waals surface area contributed by atoms with E-state index in [0.29, 0.717) is 22.5 Å². The van der Waals surface area contributed by atoms with Crippen molar-refractivity contribution in [2.24, 2.45) is 0 Å². The van der Waals surface area contributed by atoms with E-state index in [9.17, 15) is 18.4 Å². The minimum atomic E-state index is -0.516. The smallest absolute Gasteiger partial charge is 0.267 e. The SMILES string of the molecule is O=c1ccc(-c2ccc(=O)n(Cc3cncc(F)c3)n2)nn1Cc1cncc(F)c1. The Morgan fingerprint density at radius 3 is 1.50 bits per heavy atom. The largest absolute Gasteiger partial charge is 0.268 e. The van der Waals surface area contributed by atoms with Gasteiger partial charge in [0.2, 0.25) is 0 Å². The monoisotopic (exact) mass is 408 g/mol. The molecule has 0 atom stereocenters. The van der Waals surface area contributed by atoms with Gasteiger partial charge < -0.3 is 0 Å². The number of nitrogens with zero attached hydrogens (tertiary/aromatic N) is 6. The fourth-order valence-electron chi connectivity index (χ4n) is 2.83. The lowest BCUT2D eigenvalue weighted by molar-refractivity contribution is 0.599. The first-order valence-corrected chi connectivity index (χ1v) is 8.83. The van der Waals surface area contributed by atoms with E-state index in [4.69, 9.17) is 0 Å². The van der Waals surface area contributed by atoms with Gasteiger partial charge in [-0.2, -0.15) is 10.2 Å². The number of hydrogen-bond acceptors (Lipinski definition) is 6. The second-order valence-corrected chi connectivity index (χ2v) is 6.45. The second kappa shape index (κ2) is 8.11. The zero-order chi connectivity index (χ0) is 21.1. The van der Waals surface area contributed by atoms with Crippen LogP contribution in [0.4, 0.5) is 8.78 Å². The van der Waals surface area contributed by atoms with E-state index in [1.165, 1.54) is 48.8 Å². The summed E-state index contributed by atoms with van der Waals surface area (Å²) in [6.07, 6.45) is 5.01. The molecule has 30 heavy (non-hydrogen) atoms. The molecule has 0 aromatic carbocycles. The Balaban J connectivity index is 1.67. The zero-order valence-electron chi connectivity index (χ0n) is 15.4. The van der Waals surface area contributed by atoms with Crippen molar-refractivity contribution in [3.8, 4) is 11.4 Å². The van der Waals surface area contributed by atoms with Crippen molar-refractivity contribution in [3.63, 3.8) is 0 Å². The number of rotatable bonds is 5. The summed E-state index contributed by atoms with van der Waals surface area (Å²) in [5.41, 5.74) is 0.844. The number of aromatic nitrogens is 6. The van der Waals surface area contributed by atoms with Crippen molar-refractivity contribution in [1.82, 2.24) is 29.5 Å². The van der Waals surface area contributed by atoms with Gasteiger partial charge in [0.1, 0.15) is 23.0 Å². The maximum atomic E-state index is 13.4. The van der Waals surface area contributed by atoms with Crippen LogP contribution in [-0.2, 0) is 13.1 Å². The van der Waals surface area contributed by atoms with Gasteiger partial charge in [0.05, 0.1) is 25.5 Å². The third-order valence-corrected chi connectivity index (χ3v) is 4.18. The molecule has 4 aromatic rings. The lowest BCUT2D eigenvalue weighted by Gasteiger charge is -2.09. The molecule has 0 fully saturated rings. The molecule has 10 heteroatoms. The minimum Gasteiger partial charge on any atom is -0.268 e. The second-order valence-electron chi connectivity index (χ2n) is 6.45. The van der Waals surface area contributed by atoms with Crippen LogP contribution >= 0.6 is 0 Å². The molecule has 0 bridgehead atoms. The molecule has 0 aliphatic carbocycles. The van der Waals surface area contributed by atoms with Gasteiger partial charge in [0.25, 0.3) is 11.1 Å². The van der Waals surface area contributed by atoms with Crippen LogP contribution < -0.4 is 11.1 Å². The van der Waals surface area contributed by atoms with Crippen molar-refractivity contribution in [1.29, 1.82) is 0 Å². The average molecular weight is 408 g/mol. The Bertz CT molecular complexity index is 1230. The summed E-state index contributed by atoms with van der Waals surface area (Å²) in [5, 5.41) is 8.53. The average Bonchev–Trinajstić information content (AvgIpc) is 2.71. The Morgan fingerprint density at radius 1 is 0.667 bits per heavy atom. The molecule has 4 aromatic heterocycles. The first-order valence-electron chi connectivity index (χ1n) is 8.83. The number of pyridine rings is 2. The number of halogens is 2. The van der Waals surface area contributed by atoms with Crippen LogP contribution in [0.25, 0.3) is 11.4 Å². The van der Waals surface area contributed by atoms with Crippen LogP contribution in [0.3, 0.4) is 0 Å². The van der Waals surface area contributed by atoms with Gasteiger partial charge in [0, 0.05) is 24.5 Å². The summed E-state index contributed by atoms with van der Waals surface area (Å²) in [6, 6.07) is 8.09. The van der Waals surface area contributed by atoms with Crippen molar-refractivity contribution in [3.05, 3.63) is 105 Å². The van der Waals surface area contributed by atoms with Gasteiger partial charge in [0.15, 0.2) is 0 Å². The van der Waals surface area contributed by atoms with Crippen LogP contribution in [0.1, 0.15) is 11.1 Å². The normalized spacial score (nSPS) is 10.9. The van der Waals surface area contributed by atoms with E-state index in [1.807, 2.05) is 0 Å². The van der Waals surface area contributed by atoms with E-state index in [1.54, 1.807) is 0 Å². The van der Waals surface area contributed by atoms with Crippen LogP contribution in [-0.4, -0.2) is 29.5 Å². The molecule has 150 valence electrons. The van der Waals surface area contributed by atoms with Crippen LogP contribution in [0.5, 0.6) is 0 Å². The molecule has 0 radical (unpaired) electrons. The molecule has 4 heterocycles. The number of hydrogen-bond donors (Lipinski definition) is 0. The van der Waals surface area contributed by atoms with Crippen LogP contribution in [0.15, 0.2) is 70.8 Å². The van der Waals surface area contributed by atoms with Crippen molar-refractivity contribution in [2.45, 2.75) is 13.1 Å². The lowest BCUT2D eigenvalue weighted by atomic mass is 10.2. The fraction of sp³-hybridized carbons (Fsp3) is 0.100. The molecule has 0 N–H and O–H groups in total. The maximum absolute atomic E-state index is 13.4. The van der Waals surface area contributed by atoms with Crippen molar-refractivity contribution in [2.75, 3.05) is 0 Å². The minimum absolute atomic E-state index is 0.0199. The predicted octanol–water partition coefficient (Wildman–Crippen LogP) is 1.63. The van der Waals surface area contributed by atoms with Gasteiger partial charge >= 0.3 is 0 Å². The quantitative estimate of drug-likeness (QED) is 0.498. The molecule has 0 spiro atoms. The van der Waals surface area contributed by atoms with E-state index in [-0.39, 0.29) is 24.2 Å². The molecule has 0 aliphatic rings. The Hall–Kier alpha value is -4.08. The van der Waals surface area contributed by atoms with E-state index >= 15 is 0 Å². The summed E-state index contributed by atoms with van der Waals surface area (Å²) in [7, 11) is 0. The third-order valence-electron chi connectivity index (χ3n) is 4.18. The molecular formula is C20H14F2N6O2. The van der Waals surface area contributed by atoms with Gasteiger partial charge in [-0.05, 0) is 35.4 Å². The van der Waals surface area contributed by atoms with Gasteiger partial charge in [-0.25, -0.2) is 18.1 Å². The molecule has 0 saturated heterocycles. The van der Waals surface area contributed by atoms with Gasteiger partial charge in [-0.15, -0.1) is 0 Å². The first-order chi connectivity index (χ1) is 14.5. The predicted molar refractivity (Wildman–Crippen MR) is 103 cm³/mol. The van der Waals surface area contributed by atoms with Crippen LogP contribution in [0, 0.1) is 11.6 Å². The highest BCUT2D eigenvalue weighted by Gasteiger charge is 2.09. The summed E-state index contributed by atoms with van der Waals surface area (Å²) in [5.74, 6) is -1.03. The molecule has 0 unspecified atom stereocenters. The van der Waals surface area contributed by atoms with Crippen molar-refractivity contribution < 1.29 is 8.78 Å². The third kappa shape index (κ3) is 4.32. The zero-order valence-corrected chi connectivity index (χ0v) is 15.4. The summed E-state index contributed by atoms with van der Waals surface area (Å²) in [6.45, 7) is 0.0398. The molecule has 4 rings (SSSR count). The standard InChI is InChI=1S/C20H14F2N6O2/c21-15-5-13(7-23-9-15)11-27-19(29)3-1-17(25-27)18-2-4-20(30)28(26-18)12-14-6-16(22)10-24-8-14/h1-10H,11-12H2. The summed E-state index contributed by atoms with van der Waals surface area (Å²) in [4.78, 5) is 31.8. The van der Waals surface area contributed by atoms with E-state index in [0.717, 1.165) is 21.8 Å². The fourth-order valence-corrected chi connectivity index (χ4v) is 2.83. The molecule has 0 amide bonds. The molecular weight excluding hydrogens is 394 g/mol. The van der Waals surface area contributed by atoms with Gasteiger partial charge in [-0.3, -0.25) is 19.6 Å². The molecule has 0 saturated carbocycles. The van der Waals surface area contributed by atoms with Gasteiger partial charge in [-0.1, -0.05) is 0 Å².